The lowest BCUT2D eigenvalue weighted by atomic mass is 9.93. The van der Waals surface area contributed by atoms with Gasteiger partial charge in [-0.2, -0.15) is 0 Å². The SMILES string of the molecule is Cc1cc(C)c2nc3c(c(/C=C/C(=O)O)c2c1)CN(C)CC3. The summed E-state index contributed by atoms with van der Waals surface area (Å²) in [5.41, 5.74) is 6.55. The van der Waals surface area contributed by atoms with E-state index in [2.05, 4.69) is 37.9 Å². The Bertz CT molecular complexity index is 794. The van der Waals surface area contributed by atoms with Crippen molar-refractivity contribution in [2.75, 3.05) is 13.6 Å². The van der Waals surface area contributed by atoms with E-state index >= 15 is 0 Å². The maximum absolute atomic E-state index is 11.0. The average molecular weight is 296 g/mol. The standard InChI is InChI=1S/C18H20N2O2/c1-11-8-12(2)18-14(9-11)13(4-5-17(21)22)15-10-20(3)7-6-16(15)19-18/h4-5,8-9H,6-7,10H2,1-3H3,(H,21,22)/b5-4+. The van der Waals surface area contributed by atoms with Crippen molar-refractivity contribution in [3.8, 4) is 0 Å². The number of rotatable bonds is 2. The maximum atomic E-state index is 11.0. The first-order valence-corrected chi connectivity index (χ1v) is 7.48. The Kier molecular flexibility index (Phi) is 3.71. The van der Waals surface area contributed by atoms with Crippen LogP contribution in [0.2, 0.25) is 0 Å². The Labute approximate surface area is 130 Å². The number of fused-ring (bicyclic) bond motifs is 2. The van der Waals surface area contributed by atoms with Gasteiger partial charge in [0.15, 0.2) is 0 Å². The van der Waals surface area contributed by atoms with Gasteiger partial charge in [0.25, 0.3) is 0 Å². The number of hydrogen-bond donors (Lipinski definition) is 1. The molecular formula is C18H20N2O2. The highest BCUT2D eigenvalue weighted by molar-refractivity contribution is 5.95. The van der Waals surface area contributed by atoms with Crippen LogP contribution in [0, 0.1) is 13.8 Å². The second-order valence-corrected chi connectivity index (χ2v) is 6.09. The molecule has 1 aliphatic rings. The van der Waals surface area contributed by atoms with E-state index < -0.39 is 5.97 Å². The van der Waals surface area contributed by atoms with Crippen molar-refractivity contribution in [2.45, 2.75) is 26.8 Å². The zero-order valence-corrected chi connectivity index (χ0v) is 13.2. The van der Waals surface area contributed by atoms with Crippen LogP contribution >= 0.6 is 0 Å². The third-order valence-electron chi connectivity index (χ3n) is 4.21. The normalized spacial score (nSPS) is 15.4. The topological polar surface area (TPSA) is 53.4 Å². The van der Waals surface area contributed by atoms with E-state index in [1.807, 2.05) is 0 Å². The van der Waals surface area contributed by atoms with Crippen LogP contribution in [0.25, 0.3) is 17.0 Å². The Morgan fingerprint density at radius 2 is 2.14 bits per heavy atom. The Balaban J connectivity index is 2.34. The predicted octanol–water partition coefficient (Wildman–Crippen LogP) is 2.94. The fraction of sp³-hybridized carbons (Fsp3) is 0.333. The van der Waals surface area contributed by atoms with Gasteiger partial charge in [-0.05, 0) is 49.7 Å². The summed E-state index contributed by atoms with van der Waals surface area (Å²) >= 11 is 0. The molecule has 0 spiro atoms. The second-order valence-electron chi connectivity index (χ2n) is 6.09. The number of carboxylic acid groups (broad SMARTS) is 1. The quantitative estimate of drug-likeness (QED) is 0.866. The number of aliphatic carboxylic acids is 1. The molecule has 1 aliphatic heterocycles. The molecular weight excluding hydrogens is 276 g/mol. The molecule has 2 heterocycles. The van der Waals surface area contributed by atoms with Gasteiger partial charge in [-0.1, -0.05) is 11.6 Å². The fourth-order valence-electron chi connectivity index (χ4n) is 3.21. The molecule has 22 heavy (non-hydrogen) atoms. The van der Waals surface area contributed by atoms with Gasteiger partial charge in [0.05, 0.1) is 5.52 Å². The summed E-state index contributed by atoms with van der Waals surface area (Å²) in [5.74, 6) is -0.924. The van der Waals surface area contributed by atoms with Gasteiger partial charge >= 0.3 is 5.97 Å². The van der Waals surface area contributed by atoms with Crippen LogP contribution in [0.5, 0.6) is 0 Å². The van der Waals surface area contributed by atoms with Crippen LogP contribution in [0.4, 0.5) is 0 Å². The molecule has 4 heteroatoms. The summed E-state index contributed by atoms with van der Waals surface area (Å²) in [4.78, 5) is 18.1. The number of pyridine rings is 1. The molecule has 0 saturated carbocycles. The number of benzene rings is 1. The van der Waals surface area contributed by atoms with E-state index in [-0.39, 0.29) is 0 Å². The first-order valence-electron chi connectivity index (χ1n) is 7.48. The molecule has 1 N–H and O–H groups in total. The predicted molar refractivity (Wildman–Crippen MR) is 87.9 cm³/mol. The van der Waals surface area contributed by atoms with E-state index in [0.29, 0.717) is 0 Å². The highest BCUT2D eigenvalue weighted by Gasteiger charge is 2.20. The molecule has 1 aromatic carbocycles. The number of carbonyl (C=O) groups is 1. The van der Waals surface area contributed by atoms with Crippen molar-refractivity contribution in [2.24, 2.45) is 0 Å². The van der Waals surface area contributed by atoms with Crippen molar-refractivity contribution in [3.05, 3.63) is 46.2 Å². The highest BCUT2D eigenvalue weighted by atomic mass is 16.4. The third-order valence-corrected chi connectivity index (χ3v) is 4.21. The molecule has 0 unspecified atom stereocenters. The van der Waals surface area contributed by atoms with Crippen LogP contribution in [0.15, 0.2) is 18.2 Å². The summed E-state index contributed by atoms with van der Waals surface area (Å²) in [6, 6.07) is 4.23. The van der Waals surface area contributed by atoms with Gasteiger partial charge in [0.2, 0.25) is 0 Å². The van der Waals surface area contributed by atoms with Gasteiger partial charge < -0.3 is 10.0 Å². The van der Waals surface area contributed by atoms with Crippen LogP contribution in [-0.2, 0) is 17.8 Å². The minimum atomic E-state index is -0.924. The van der Waals surface area contributed by atoms with Crippen LogP contribution in [0.3, 0.4) is 0 Å². The summed E-state index contributed by atoms with van der Waals surface area (Å²) in [5, 5.41) is 10.0. The van der Waals surface area contributed by atoms with Gasteiger partial charge in [0.1, 0.15) is 0 Å². The molecule has 0 saturated heterocycles. The van der Waals surface area contributed by atoms with Crippen molar-refractivity contribution < 1.29 is 9.90 Å². The van der Waals surface area contributed by atoms with Crippen LogP contribution < -0.4 is 0 Å². The second kappa shape index (κ2) is 5.54. The van der Waals surface area contributed by atoms with Crippen LogP contribution in [-0.4, -0.2) is 34.6 Å². The Morgan fingerprint density at radius 3 is 2.86 bits per heavy atom. The minimum Gasteiger partial charge on any atom is -0.478 e. The summed E-state index contributed by atoms with van der Waals surface area (Å²) in [6.45, 7) is 5.92. The molecule has 4 nitrogen and oxygen atoms in total. The van der Waals surface area contributed by atoms with Crippen molar-refractivity contribution in [1.29, 1.82) is 0 Å². The fourth-order valence-corrected chi connectivity index (χ4v) is 3.21. The molecule has 0 amide bonds. The first kappa shape index (κ1) is 14.7. The highest BCUT2D eigenvalue weighted by Crippen LogP contribution is 2.31. The van der Waals surface area contributed by atoms with Crippen molar-refractivity contribution in [3.63, 3.8) is 0 Å². The number of likely N-dealkylation sites (N-methyl/N-ethyl adjacent to an activating group) is 1. The summed E-state index contributed by atoms with van der Waals surface area (Å²) in [7, 11) is 2.08. The largest absolute Gasteiger partial charge is 0.478 e. The molecule has 1 aromatic heterocycles. The monoisotopic (exact) mass is 296 g/mol. The smallest absolute Gasteiger partial charge is 0.328 e. The maximum Gasteiger partial charge on any atom is 0.328 e. The van der Waals surface area contributed by atoms with E-state index in [1.165, 1.54) is 11.6 Å². The van der Waals surface area contributed by atoms with E-state index in [1.54, 1.807) is 6.08 Å². The van der Waals surface area contributed by atoms with Gasteiger partial charge in [-0.15, -0.1) is 0 Å². The van der Waals surface area contributed by atoms with Gasteiger partial charge in [-0.25, -0.2) is 4.79 Å². The zero-order valence-electron chi connectivity index (χ0n) is 13.2. The van der Waals surface area contributed by atoms with E-state index in [0.717, 1.165) is 52.8 Å². The summed E-state index contributed by atoms with van der Waals surface area (Å²) < 4.78 is 0. The van der Waals surface area contributed by atoms with Crippen molar-refractivity contribution >= 4 is 22.9 Å². The lowest BCUT2D eigenvalue weighted by molar-refractivity contribution is -0.131. The zero-order chi connectivity index (χ0) is 15.9. The average Bonchev–Trinajstić information content (AvgIpc) is 2.44. The van der Waals surface area contributed by atoms with Gasteiger partial charge in [-0.3, -0.25) is 4.98 Å². The molecule has 3 rings (SSSR count). The Hall–Kier alpha value is -2.20. The lowest BCUT2D eigenvalue weighted by Crippen LogP contribution is -2.28. The molecule has 0 bridgehead atoms. The van der Waals surface area contributed by atoms with Crippen molar-refractivity contribution in [1.82, 2.24) is 9.88 Å². The summed E-state index contributed by atoms with van der Waals surface area (Å²) in [6.07, 6.45) is 3.85. The number of aromatic nitrogens is 1. The molecule has 0 fully saturated rings. The Morgan fingerprint density at radius 1 is 1.36 bits per heavy atom. The minimum absolute atomic E-state index is 0.810. The third kappa shape index (κ3) is 2.62. The lowest BCUT2D eigenvalue weighted by Gasteiger charge is -2.27. The molecule has 0 aliphatic carbocycles. The molecule has 0 radical (unpaired) electrons. The number of hydrogen-bond acceptors (Lipinski definition) is 3. The molecule has 0 atom stereocenters. The van der Waals surface area contributed by atoms with Gasteiger partial charge in [0, 0.05) is 36.7 Å². The number of nitrogens with zero attached hydrogens (tertiary/aromatic N) is 2. The molecule has 2 aromatic rings. The number of carboxylic acids is 1. The first-order chi connectivity index (χ1) is 10.5. The number of aryl methyl sites for hydroxylation is 2. The van der Waals surface area contributed by atoms with E-state index in [4.69, 9.17) is 10.1 Å². The van der Waals surface area contributed by atoms with Crippen LogP contribution in [0.1, 0.15) is 27.9 Å². The molecule has 114 valence electrons. The van der Waals surface area contributed by atoms with E-state index in [9.17, 15) is 4.79 Å².